The summed E-state index contributed by atoms with van der Waals surface area (Å²) in [6, 6.07) is 0. The number of hydrogen-bond donors (Lipinski definition) is 3. The van der Waals surface area contributed by atoms with Crippen LogP contribution >= 0.6 is 0 Å². The van der Waals surface area contributed by atoms with Crippen LogP contribution < -0.4 is 11.2 Å². The number of H-pyrrole nitrogens is 1. The highest BCUT2D eigenvalue weighted by Gasteiger charge is 2.45. The fourth-order valence-corrected chi connectivity index (χ4v) is 2.33. The highest BCUT2D eigenvalue weighted by molar-refractivity contribution is 5.02. The minimum absolute atomic E-state index is 0.147. The standard InChI is InChI=1S/C12H18N2O5/c1-7-4-14(11(18)13-10(7)17)9-3-12(2,6-16)8(5-15)19-9/h4,8-9,15-16H,3,5-6H2,1-2H3,(H,13,17,18)/t8-,9-,12?/m1/s1. The second-order valence-corrected chi connectivity index (χ2v) is 5.26. The Balaban J connectivity index is 2.38. The summed E-state index contributed by atoms with van der Waals surface area (Å²) in [7, 11) is 0. The Morgan fingerprint density at radius 3 is 2.74 bits per heavy atom. The molecule has 106 valence electrons. The number of aryl methyl sites for hydroxylation is 1. The first-order chi connectivity index (χ1) is 8.91. The molecule has 0 aromatic carbocycles. The zero-order valence-electron chi connectivity index (χ0n) is 10.9. The first kappa shape index (κ1) is 14.0. The van der Waals surface area contributed by atoms with Crippen LogP contribution in [0.5, 0.6) is 0 Å². The Morgan fingerprint density at radius 1 is 1.53 bits per heavy atom. The van der Waals surface area contributed by atoms with E-state index in [1.165, 1.54) is 10.8 Å². The molecule has 1 aromatic rings. The molecule has 1 aliphatic rings. The van der Waals surface area contributed by atoms with Crippen LogP contribution in [-0.2, 0) is 4.74 Å². The van der Waals surface area contributed by atoms with Crippen molar-refractivity contribution in [2.75, 3.05) is 13.2 Å². The van der Waals surface area contributed by atoms with Gasteiger partial charge in [-0.3, -0.25) is 14.3 Å². The number of rotatable bonds is 3. The molecule has 19 heavy (non-hydrogen) atoms. The average molecular weight is 270 g/mol. The van der Waals surface area contributed by atoms with Crippen molar-refractivity contribution in [2.45, 2.75) is 32.6 Å². The predicted octanol–water partition coefficient (Wildman–Crippen LogP) is -0.877. The summed E-state index contributed by atoms with van der Waals surface area (Å²) in [5.74, 6) is 0. The number of aromatic nitrogens is 2. The maximum atomic E-state index is 11.8. The Morgan fingerprint density at radius 2 is 2.21 bits per heavy atom. The van der Waals surface area contributed by atoms with Gasteiger partial charge in [-0.15, -0.1) is 0 Å². The van der Waals surface area contributed by atoms with E-state index in [0.29, 0.717) is 12.0 Å². The summed E-state index contributed by atoms with van der Waals surface area (Å²) in [5.41, 5.74) is -1.19. The van der Waals surface area contributed by atoms with Gasteiger partial charge in [0.2, 0.25) is 0 Å². The van der Waals surface area contributed by atoms with Crippen LogP contribution in [0.1, 0.15) is 25.1 Å². The smallest absolute Gasteiger partial charge is 0.330 e. The van der Waals surface area contributed by atoms with Crippen LogP contribution in [0.25, 0.3) is 0 Å². The molecule has 2 heterocycles. The Kier molecular flexibility index (Phi) is 3.62. The average Bonchev–Trinajstić information content (AvgIpc) is 2.71. The van der Waals surface area contributed by atoms with Crippen LogP contribution in [0.4, 0.5) is 0 Å². The van der Waals surface area contributed by atoms with E-state index in [4.69, 9.17) is 4.74 Å². The minimum atomic E-state index is -0.608. The third kappa shape index (κ3) is 2.36. The van der Waals surface area contributed by atoms with Crippen LogP contribution in [0.3, 0.4) is 0 Å². The first-order valence-corrected chi connectivity index (χ1v) is 6.10. The number of aromatic amines is 1. The maximum absolute atomic E-state index is 11.8. The molecule has 7 nitrogen and oxygen atoms in total. The van der Waals surface area contributed by atoms with E-state index in [0.717, 1.165) is 0 Å². The molecule has 1 fully saturated rings. The maximum Gasteiger partial charge on any atom is 0.330 e. The molecule has 2 rings (SSSR count). The first-order valence-electron chi connectivity index (χ1n) is 6.10. The third-order valence-corrected chi connectivity index (χ3v) is 3.72. The quantitative estimate of drug-likeness (QED) is 0.662. The van der Waals surface area contributed by atoms with Gasteiger partial charge in [-0.1, -0.05) is 6.92 Å². The summed E-state index contributed by atoms with van der Waals surface area (Å²) in [5, 5.41) is 18.7. The summed E-state index contributed by atoms with van der Waals surface area (Å²) in [6.45, 7) is 3.01. The van der Waals surface area contributed by atoms with Crippen LogP contribution in [-0.4, -0.2) is 39.1 Å². The lowest BCUT2D eigenvalue weighted by Crippen LogP contribution is -2.34. The van der Waals surface area contributed by atoms with Gasteiger partial charge in [0.05, 0.1) is 19.3 Å². The van der Waals surface area contributed by atoms with Gasteiger partial charge in [0.25, 0.3) is 5.56 Å². The van der Waals surface area contributed by atoms with Gasteiger partial charge in [-0.25, -0.2) is 4.79 Å². The van der Waals surface area contributed by atoms with Crippen molar-refractivity contribution >= 4 is 0 Å². The molecule has 3 N–H and O–H groups in total. The van der Waals surface area contributed by atoms with E-state index in [9.17, 15) is 19.8 Å². The highest BCUT2D eigenvalue weighted by Crippen LogP contribution is 2.42. The molecule has 0 bridgehead atoms. The number of aliphatic hydroxyl groups excluding tert-OH is 2. The normalized spacial score (nSPS) is 30.7. The van der Waals surface area contributed by atoms with E-state index in [1.807, 2.05) is 0 Å². The zero-order chi connectivity index (χ0) is 14.2. The molecular formula is C12H18N2O5. The van der Waals surface area contributed by atoms with E-state index in [-0.39, 0.29) is 13.2 Å². The molecule has 0 radical (unpaired) electrons. The van der Waals surface area contributed by atoms with Crippen molar-refractivity contribution < 1.29 is 14.9 Å². The number of aliphatic hydroxyl groups is 2. The number of hydrogen-bond acceptors (Lipinski definition) is 5. The molecule has 0 amide bonds. The molecular weight excluding hydrogens is 252 g/mol. The highest BCUT2D eigenvalue weighted by atomic mass is 16.5. The van der Waals surface area contributed by atoms with Gasteiger partial charge in [0.15, 0.2) is 0 Å². The second-order valence-electron chi connectivity index (χ2n) is 5.26. The number of nitrogens with one attached hydrogen (secondary N) is 1. The molecule has 1 aliphatic heterocycles. The summed E-state index contributed by atoms with van der Waals surface area (Å²) >= 11 is 0. The summed E-state index contributed by atoms with van der Waals surface area (Å²) < 4.78 is 6.90. The summed E-state index contributed by atoms with van der Waals surface area (Å²) in [4.78, 5) is 25.3. The lowest BCUT2D eigenvalue weighted by Gasteiger charge is -2.25. The summed E-state index contributed by atoms with van der Waals surface area (Å²) in [6.07, 6.45) is 0.683. The fourth-order valence-electron chi connectivity index (χ4n) is 2.33. The third-order valence-electron chi connectivity index (χ3n) is 3.72. The van der Waals surface area contributed by atoms with Crippen molar-refractivity contribution in [1.29, 1.82) is 0 Å². The Hall–Kier alpha value is -1.44. The number of nitrogens with zero attached hydrogens (tertiary/aromatic N) is 1. The molecule has 1 unspecified atom stereocenters. The predicted molar refractivity (Wildman–Crippen MR) is 66.9 cm³/mol. The van der Waals surface area contributed by atoms with Gasteiger partial charge in [-0.05, 0) is 6.92 Å². The lowest BCUT2D eigenvalue weighted by molar-refractivity contribution is -0.0542. The van der Waals surface area contributed by atoms with Gasteiger partial charge in [-0.2, -0.15) is 0 Å². The Labute approximate surface area is 109 Å². The van der Waals surface area contributed by atoms with E-state index in [2.05, 4.69) is 4.98 Å². The monoisotopic (exact) mass is 270 g/mol. The Bertz CT molecular complexity index is 578. The minimum Gasteiger partial charge on any atom is -0.396 e. The SMILES string of the molecule is Cc1cn([C@H]2CC(C)(CO)[C@@H](CO)O2)c(=O)[nH]c1=O. The molecule has 1 saturated heterocycles. The van der Waals surface area contributed by atoms with Crippen LogP contribution in [0.15, 0.2) is 15.8 Å². The molecule has 3 atom stereocenters. The zero-order valence-corrected chi connectivity index (χ0v) is 10.9. The van der Waals surface area contributed by atoms with Gasteiger partial charge < -0.3 is 14.9 Å². The molecule has 0 aliphatic carbocycles. The second kappa shape index (κ2) is 4.92. The lowest BCUT2D eigenvalue weighted by atomic mass is 9.84. The molecule has 1 aromatic heterocycles. The fraction of sp³-hybridized carbons (Fsp3) is 0.667. The van der Waals surface area contributed by atoms with Gasteiger partial charge in [0.1, 0.15) is 6.23 Å². The van der Waals surface area contributed by atoms with E-state index < -0.39 is 29.0 Å². The van der Waals surface area contributed by atoms with Crippen molar-refractivity contribution in [2.24, 2.45) is 5.41 Å². The van der Waals surface area contributed by atoms with Crippen LogP contribution in [0, 0.1) is 12.3 Å². The van der Waals surface area contributed by atoms with Crippen molar-refractivity contribution in [3.63, 3.8) is 0 Å². The van der Waals surface area contributed by atoms with E-state index >= 15 is 0 Å². The van der Waals surface area contributed by atoms with Crippen molar-refractivity contribution in [3.05, 3.63) is 32.6 Å². The van der Waals surface area contributed by atoms with Crippen molar-refractivity contribution in [3.8, 4) is 0 Å². The molecule has 7 heteroatoms. The van der Waals surface area contributed by atoms with Gasteiger partial charge >= 0.3 is 5.69 Å². The van der Waals surface area contributed by atoms with Crippen LogP contribution in [0.2, 0.25) is 0 Å². The topological polar surface area (TPSA) is 105 Å². The number of ether oxygens (including phenoxy) is 1. The van der Waals surface area contributed by atoms with E-state index in [1.54, 1.807) is 13.8 Å². The largest absolute Gasteiger partial charge is 0.396 e. The molecule has 0 saturated carbocycles. The van der Waals surface area contributed by atoms with Crippen molar-refractivity contribution in [1.82, 2.24) is 9.55 Å². The molecule has 0 spiro atoms. The van der Waals surface area contributed by atoms with Gasteiger partial charge in [0, 0.05) is 23.6 Å².